The number of carbonyl (C=O) groups excluding carboxylic acids is 1. The molecule has 1 aliphatic heterocycles. The molecule has 0 amide bonds. The Morgan fingerprint density at radius 1 is 1.00 bits per heavy atom. The van der Waals surface area contributed by atoms with E-state index in [1.165, 1.54) is 19.8 Å². The lowest BCUT2D eigenvalue weighted by Crippen LogP contribution is -2.32. The highest BCUT2D eigenvalue weighted by atomic mass is 19.1. The highest BCUT2D eigenvalue weighted by molar-refractivity contribution is 5.89. The Kier molecular flexibility index (Phi) is 7.36. The Balaban J connectivity index is 1.20. The number of pyridine rings is 1. The number of para-hydroxylation sites is 1. The lowest BCUT2D eigenvalue weighted by Gasteiger charge is -2.19. The summed E-state index contributed by atoms with van der Waals surface area (Å²) in [5.74, 6) is 0.549. The normalized spacial score (nSPS) is 20.3. The van der Waals surface area contributed by atoms with Gasteiger partial charge in [-0.1, -0.05) is 35.9 Å². The number of imidazole rings is 1. The lowest BCUT2D eigenvalue weighted by atomic mass is 10.1. The van der Waals surface area contributed by atoms with Crippen molar-refractivity contribution in [2.45, 2.75) is 31.5 Å². The van der Waals surface area contributed by atoms with Crippen molar-refractivity contribution in [3.63, 3.8) is 0 Å². The van der Waals surface area contributed by atoms with Crippen LogP contribution in [-0.4, -0.2) is 62.6 Å². The van der Waals surface area contributed by atoms with Gasteiger partial charge in [0, 0.05) is 24.9 Å². The molecule has 11 heteroatoms. The molecule has 0 radical (unpaired) electrons. The Morgan fingerprint density at radius 2 is 1.80 bits per heavy atom. The first-order valence-corrected chi connectivity index (χ1v) is 12.9. The van der Waals surface area contributed by atoms with Crippen LogP contribution in [0.15, 0.2) is 85.6 Å². The van der Waals surface area contributed by atoms with Crippen molar-refractivity contribution >= 4 is 17.1 Å². The van der Waals surface area contributed by atoms with Crippen LogP contribution in [0.5, 0.6) is 11.6 Å². The average Bonchev–Trinajstić information content (AvgIpc) is 3.57. The Morgan fingerprint density at radius 3 is 2.54 bits per heavy atom. The van der Waals surface area contributed by atoms with Gasteiger partial charge in [0.2, 0.25) is 5.88 Å². The van der Waals surface area contributed by atoms with E-state index >= 15 is 4.39 Å². The number of aromatic nitrogens is 5. The van der Waals surface area contributed by atoms with Gasteiger partial charge in [-0.2, -0.15) is 0 Å². The number of carbonyl (C=O) groups is 1. The van der Waals surface area contributed by atoms with Crippen molar-refractivity contribution in [2.75, 3.05) is 13.7 Å². The number of hydrogen-bond acceptors (Lipinski definition) is 9. The van der Waals surface area contributed by atoms with Crippen LogP contribution in [0.1, 0.15) is 22.1 Å². The molecule has 41 heavy (non-hydrogen) atoms. The second-order valence-electron chi connectivity index (χ2n) is 9.52. The molecule has 3 aromatic heterocycles. The first-order chi connectivity index (χ1) is 20.0. The van der Waals surface area contributed by atoms with Crippen LogP contribution in [0.3, 0.4) is 0 Å². The second-order valence-corrected chi connectivity index (χ2v) is 9.52. The topological polar surface area (TPSA) is 110 Å². The van der Waals surface area contributed by atoms with E-state index in [9.17, 15) is 4.79 Å². The van der Waals surface area contributed by atoms with Gasteiger partial charge in [0.05, 0.1) is 11.9 Å². The van der Waals surface area contributed by atoms with Gasteiger partial charge in [0.25, 0.3) is 0 Å². The van der Waals surface area contributed by atoms with E-state index in [4.69, 9.17) is 18.9 Å². The largest absolute Gasteiger partial charge is 0.459 e. The molecule has 208 valence electrons. The fraction of sp³-hybridized carbons (Fsp3) is 0.233. The molecule has 1 saturated heterocycles. The molecule has 6 rings (SSSR count). The molecule has 4 atom stereocenters. The van der Waals surface area contributed by atoms with E-state index < -0.39 is 30.6 Å². The first-order valence-electron chi connectivity index (χ1n) is 12.9. The highest BCUT2D eigenvalue weighted by Gasteiger charge is 2.47. The van der Waals surface area contributed by atoms with E-state index in [1.807, 2.05) is 43.3 Å². The number of benzene rings is 2. The van der Waals surface area contributed by atoms with Gasteiger partial charge in [-0.15, -0.1) is 0 Å². The minimum Gasteiger partial charge on any atom is -0.459 e. The summed E-state index contributed by atoms with van der Waals surface area (Å²) in [4.78, 5) is 30.2. The number of aryl methyl sites for hydroxylation is 1. The summed E-state index contributed by atoms with van der Waals surface area (Å²) >= 11 is 0. The molecule has 0 saturated carbocycles. The monoisotopic (exact) mass is 555 g/mol. The summed E-state index contributed by atoms with van der Waals surface area (Å²) in [6.07, 6.45) is 0.0622. The zero-order valence-electron chi connectivity index (χ0n) is 22.3. The van der Waals surface area contributed by atoms with Gasteiger partial charge in [0.1, 0.15) is 42.1 Å². The van der Waals surface area contributed by atoms with Crippen molar-refractivity contribution in [2.24, 2.45) is 0 Å². The van der Waals surface area contributed by atoms with E-state index in [0.29, 0.717) is 39.6 Å². The number of alkyl halides is 1. The third kappa shape index (κ3) is 5.37. The number of hydrogen-bond donors (Lipinski definition) is 0. The van der Waals surface area contributed by atoms with Crippen molar-refractivity contribution in [1.82, 2.24) is 24.5 Å². The Hall–Kier alpha value is -4.74. The molecule has 0 N–H and O–H groups in total. The zero-order chi connectivity index (χ0) is 28.3. The Labute approximate surface area is 234 Å². The summed E-state index contributed by atoms with van der Waals surface area (Å²) in [5, 5.41) is 0. The van der Waals surface area contributed by atoms with Crippen molar-refractivity contribution < 1.29 is 28.1 Å². The Bertz CT molecular complexity index is 1650. The van der Waals surface area contributed by atoms with E-state index in [-0.39, 0.29) is 6.61 Å². The number of halogens is 1. The molecular weight excluding hydrogens is 529 g/mol. The maximum absolute atomic E-state index is 15.4. The van der Waals surface area contributed by atoms with Crippen molar-refractivity contribution in [3.8, 4) is 22.9 Å². The number of fused-ring (bicyclic) bond motifs is 1. The minimum atomic E-state index is -1.56. The molecule has 0 bridgehead atoms. The van der Waals surface area contributed by atoms with Crippen molar-refractivity contribution in [1.29, 1.82) is 0 Å². The van der Waals surface area contributed by atoms with E-state index in [0.717, 1.165) is 5.56 Å². The van der Waals surface area contributed by atoms with Crippen LogP contribution in [0.25, 0.3) is 22.4 Å². The summed E-state index contributed by atoms with van der Waals surface area (Å²) in [6.45, 7) is 1.64. The molecule has 1 aliphatic rings. The third-order valence-electron chi connectivity index (χ3n) is 6.81. The number of esters is 1. The smallest absolute Gasteiger partial charge is 0.338 e. The van der Waals surface area contributed by atoms with E-state index in [2.05, 4.69) is 19.9 Å². The summed E-state index contributed by atoms with van der Waals surface area (Å²) in [6, 6.07) is 19.9. The van der Waals surface area contributed by atoms with Crippen LogP contribution in [0.4, 0.5) is 4.39 Å². The number of ether oxygens (including phenoxy) is 4. The van der Waals surface area contributed by atoms with Gasteiger partial charge in [-0.05, 0) is 37.3 Å². The van der Waals surface area contributed by atoms with Gasteiger partial charge < -0.3 is 18.9 Å². The second kappa shape index (κ2) is 11.4. The van der Waals surface area contributed by atoms with E-state index in [1.54, 1.807) is 41.1 Å². The summed E-state index contributed by atoms with van der Waals surface area (Å²) in [7, 11) is 1.40. The molecule has 2 aromatic carbocycles. The molecule has 0 aliphatic carbocycles. The van der Waals surface area contributed by atoms with Crippen LogP contribution in [0, 0.1) is 6.92 Å². The molecule has 0 unspecified atom stereocenters. The molecule has 10 nitrogen and oxygen atoms in total. The average molecular weight is 556 g/mol. The highest BCUT2D eigenvalue weighted by Crippen LogP contribution is 2.36. The number of nitrogens with zero attached hydrogens (tertiary/aromatic N) is 5. The molecule has 1 fully saturated rings. The van der Waals surface area contributed by atoms with Crippen LogP contribution >= 0.6 is 0 Å². The van der Waals surface area contributed by atoms with Crippen LogP contribution < -0.4 is 4.74 Å². The maximum atomic E-state index is 15.4. The molecule has 4 heterocycles. The fourth-order valence-corrected chi connectivity index (χ4v) is 4.67. The lowest BCUT2D eigenvalue weighted by molar-refractivity contribution is -0.0616. The van der Waals surface area contributed by atoms with Gasteiger partial charge in [-0.3, -0.25) is 4.57 Å². The van der Waals surface area contributed by atoms with Gasteiger partial charge in [-0.25, -0.2) is 29.1 Å². The standard InChI is InChI=1S/C30H26FN5O5/c1-18-8-10-19(11-9-18)30(37)39-15-22-24(31)27(38-2)29(41-22)36-17-35-26-25(33-16-34-28(26)36)20-12-13-23(32-14-20)40-21-6-4-3-5-7-21/h3-14,16-17,22,24,27,29H,15H2,1-2H3/t22-,24-,27-,29-/m1/s1. The quantitative estimate of drug-likeness (QED) is 0.242. The number of methoxy groups -OCH3 is 1. The predicted molar refractivity (Wildman–Crippen MR) is 146 cm³/mol. The predicted octanol–water partition coefficient (Wildman–Crippen LogP) is 5.10. The maximum Gasteiger partial charge on any atom is 0.338 e. The fourth-order valence-electron chi connectivity index (χ4n) is 4.67. The molecule has 5 aromatic rings. The van der Waals surface area contributed by atoms with Gasteiger partial charge >= 0.3 is 5.97 Å². The summed E-state index contributed by atoms with van der Waals surface area (Å²) in [5.41, 5.74) is 3.54. The zero-order valence-corrected chi connectivity index (χ0v) is 22.3. The number of rotatable bonds is 8. The van der Waals surface area contributed by atoms with Crippen LogP contribution in [-0.2, 0) is 14.2 Å². The third-order valence-corrected chi connectivity index (χ3v) is 6.81. The first kappa shape index (κ1) is 26.5. The molecule has 0 spiro atoms. The summed E-state index contributed by atoms with van der Waals surface area (Å²) < 4.78 is 39.6. The minimum absolute atomic E-state index is 0.278. The van der Waals surface area contributed by atoms with Crippen molar-refractivity contribution in [3.05, 3.63) is 96.7 Å². The van der Waals surface area contributed by atoms with Crippen LogP contribution in [0.2, 0.25) is 0 Å². The van der Waals surface area contributed by atoms with Gasteiger partial charge in [0.15, 0.2) is 18.0 Å². The SMILES string of the molecule is CO[C@@H]1[C@H](F)[C@@H](COC(=O)c2ccc(C)cc2)O[C@H]1n1cnc2c(-c3ccc(Oc4ccccc4)nc3)ncnc21. The molecular formula is C30H26FN5O5.